The van der Waals surface area contributed by atoms with E-state index in [0.717, 1.165) is 25.9 Å². The van der Waals surface area contributed by atoms with Crippen LogP contribution in [-0.4, -0.2) is 64.2 Å². The van der Waals surface area contributed by atoms with E-state index in [0.29, 0.717) is 24.5 Å². The van der Waals surface area contributed by atoms with E-state index in [-0.39, 0.29) is 11.8 Å². The molecule has 1 aromatic rings. The number of amides is 2. The van der Waals surface area contributed by atoms with Crippen LogP contribution in [-0.2, 0) is 14.3 Å². The average Bonchev–Trinajstić information content (AvgIpc) is 2.57. The Morgan fingerprint density at radius 3 is 2.20 bits per heavy atom. The van der Waals surface area contributed by atoms with E-state index in [2.05, 4.69) is 16.0 Å². The molecule has 25 heavy (non-hydrogen) atoms. The maximum Gasteiger partial charge on any atom is 0.238 e. The minimum absolute atomic E-state index is 0.0137. The third kappa shape index (κ3) is 5.52. The fourth-order valence-electron chi connectivity index (χ4n) is 3.01. The SMILES string of the molecule is COCC1(C(=O)Nc2ccc(NC(=O)CN(C)C)cc2)CCNCC1. The Balaban J connectivity index is 1.97. The summed E-state index contributed by atoms with van der Waals surface area (Å²) in [5, 5.41) is 9.08. The highest BCUT2D eigenvalue weighted by atomic mass is 16.5. The van der Waals surface area contributed by atoms with Crippen molar-refractivity contribution in [3.8, 4) is 0 Å². The molecule has 1 saturated heterocycles. The lowest BCUT2D eigenvalue weighted by Gasteiger charge is -2.35. The lowest BCUT2D eigenvalue weighted by molar-refractivity contribution is -0.130. The number of carbonyl (C=O) groups is 2. The molecule has 0 bridgehead atoms. The quantitative estimate of drug-likeness (QED) is 0.688. The molecule has 1 aliphatic rings. The van der Waals surface area contributed by atoms with Crippen molar-refractivity contribution in [2.45, 2.75) is 12.8 Å². The Labute approximate surface area is 149 Å². The van der Waals surface area contributed by atoms with Crippen LogP contribution in [0.15, 0.2) is 24.3 Å². The predicted octanol–water partition coefficient (Wildman–Crippen LogP) is 1.14. The monoisotopic (exact) mass is 348 g/mol. The molecular formula is C18H28N4O3. The van der Waals surface area contributed by atoms with Gasteiger partial charge in [-0.3, -0.25) is 9.59 Å². The summed E-state index contributed by atoms with van der Waals surface area (Å²) < 4.78 is 5.30. The number of methoxy groups -OCH3 is 1. The van der Waals surface area contributed by atoms with E-state index in [1.54, 1.807) is 36.3 Å². The van der Waals surface area contributed by atoms with Crippen LogP contribution in [0.2, 0.25) is 0 Å². The first-order chi connectivity index (χ1) is 11.9. The molecule has 0 atom stereocenters. The first-order valence-corrected chi connectivity index (χ1v) is 8.51. The van der Waals surface area contributed by atoms with Crippen molar-refractivity contribution in [1.82, 2.24) is 10.2 Å². The standard InChI is InChI=1S/C18H28N4O3/c1-22(2)12-16(23)20-14-4-6-15(7-5-14)21-17(24)18(13-25-3)8-10-19-11-9-18/h4-7,19H,8-13H2,1-3H3,(H,20,23)(H,21,24). The first-order valence-electron chi connectivity index (χ1n) is 8.51. The van der Waals surface area contributed by atoms with Gasteiger partial charge in [0.25, 0.3) is 0 Å². The second kappa shape index (κ2) is 8.94. The molecule has 2 amide bonds. The van der Waals surface area contributed by atoms with Gasteiger partial charge in [0.15, 0.2) is 0 Å². The van der Waals surface area contributed by atoms with Gasteiger partial charge >= 0.3 is 0 Å². The molecular weight excluding hydrogens is 320 g/mol. The number of ether oxygens (including phenoxy) is 1. The first kappa shape index (κ1) is 19.4. The molecule has 7 nitrogen and oxygen atoms in total. The summed E-state index contributed by atoms with van der Waals surface area (Å²) in [6, 6.07) is 7.17. The molecule has 1 aliphatic heterocycles. The van der Waals surface area contributed by atoms with E-state index in [4.69, 9.17) is 4.74 Å². The van der Waals surface area contributed by atoms with Gasteiger partial charge in [-0.2, -0.15) is 0 Å². The molecule has 2 rings (SSSR count). The zero-order chi connectivity index (χ0) is 18.3. The van der Waals surface area contributed by atoms with Gasteiger partial charge in [0.1, 0.15) is 0 Å². The smallest absolute Gasteiger partial charge is 0.238 e. The molecule has 0 spiro atoms. The fourth-order valence-corrected chi connectivity index (χ4v) is 3.01. The highest BCUT2D eigenvalue weighted by Gasteiger charge is 2.39. The number of likely N-dealkylation sites (N-methyl/N-ethyl adjacent to an activating group) is 1. The normalized spacial score (nSPS) is 16.5. The third-order valence-corrected chi connectivity index (χ3v) is 4.35. The third-order valence-electron chi connectivity index (χ3n) is 4.35. The van der Waals surface area contributed by atoms with Crippen molar-refractivity contribution >= 4 is 23.2 Å². The van der Waals surface area contributed by atoms with Gasteiger partial charge in [-0.1, -0.05) is 0 Å². The Hall–Kier alpha value is -1.96. The average molecular weight is 348 g/mol. The summed E-state index contributed by atoms with van der Waals surface area (Å²) in [6.07, 6.45) is 1.51. The van der Waals surface area contributed by atoms with Crippen molar-refractivity contribution in [3.63, 3.8) is 0 Å². The molecule has 1 fully saturated rings. The van der Waals surface area contributed by atoms with Gasteiger partial charge in [0.05, 0.1) is 18.6 Å². The van der Waals surface area contributed by atoms with Gasteiger partial charge < -0.3 is 25.6 Å². The van der Waals surface area contributed by atoms with E-state index in [9.17, 15) is 9.59 Å². The second-order valence-electron chi connectivity index (χ2n) is 6.78. The van der Waals surface area contributed by atoms with Gasteiger partial charge in [-0.15, -0.1) is 0 Å². The number of carbonyl (C=O) groups excluding carboxylic acids is 2. The Morgan fingerprint density at radius 2 is 1.68 bits per heavy atom. The van der Waals surface area contributed by atoms with Crippen LogP contribution >= 0.6 is 0 Å². The molecule has 138 valence electrons. The van der Waals surface area contributed by atoms with Crippen LogP contribution < -0.4 is 16.0 Å². The van der Waals surface area contributed by atoms with Crippen molar-refractivity contribution in [1.29, 1.82) is 0 Å². The molecule has 0 aromatic heterocycles. The summed E-state index contributed by atoms with van der Waals surface area (Å²) in [5.41, 5.74) is 0.932. The van der Waals surface area contributed by atoms with Crippen LogP contribution in [0.1, 0.15) is 12.8 Å². The number of hydrogen-bond acceptors (Lipinski definition) is 5. The zero-order valence-corrected chi connectivity index (χ0v) is 15.2. The minimum atomic E-state index is -0.488. The van der Waals surface area contributed by atoms with Gasteiger partial charge in [0.2, 0.25) is 11.8 Å². The number of hydrogen-bond donors (Lipinski definition) is 3. The molecule has 1 aromatic carbocycles. The summed E-state index contributed by atoms with van der Waals surface area (Å²) in [7, 11) is 5.31. The maximum atomic E-state index is 12.8. The van der Waals surface area contributed by atoms with Crippen molar-refractivity contribution < 1.29 is 14.3 Å². The predicted molar refractivity (Wildman–Crippen MR) is 98.7 cm³/mol. The summed E-state index contributed by atoms with van der Waals surface area (Å²) in [4.78, 5) is 26.3. The van der Waals surface area contributed by atoms with E-state index < -0.39 is 5.41 Å². The summed E-state index contributed by atoms with van der Waals surface area (Å²) >= 11 is 0. The van der Waals surface area contributed by atoms with Gasteiger partial charge in [-0.25, -0.2) is 0 Å². The van der Waals surface area contributed by atoms with E-state index in [1.165, 1.54) is 0 Å². The fraction of sp³-hybridized carbons (Fsp3) is 0.556. The second-order valence-corrected chi connectivity index (χ2v) is 6.78. The highest BCUT2D eigenvalue weighted by Crippen LogP contribution is 2.31. The number of nitrogens with zero attached hydrogens (tertiary/aromatic N) is 1. The summed E-state index contributed by atoms with van der Waals surface area (Å²) in [6.45, 7) is 2.37. The Kier molecular flexibility index (Phi) is 6.92. The van der Waals surface area contributed by atoms with E-state index in [1.807, 2.05) is 14.1 Å². The van der Waals surface area contributed by atoms with Crippen molar-refractivity contribution in [2.24, 2.45) is 5.41 Å². The molecule has 0 unspecified atom stereocenters. The van der Waals surface area contributed by atoms with Gasteiger partial charge in [0, 0.05) is 18.5 Å². The largest absolute Gasteiger partial charge is 0.384 e. The molecule has 0 radical (unpaired) electrons. The van der Waals surface area contributed by atoms with Crippen LogP contribution in [0, 0.1) is 5.41 Å². The molecule has 0 saturated carbocycles. The molecule has 7 heteroatoms. The molecule has 1 heterocycles. The number of nitrogens with one attached hydrogen (secondary N) is 3. The van der Waals surface area contributed by atoms with Gasteiger partial charge in [-0.05, 0) is 64.3 Å². The lowest BCUT2D eigenvalue weighted by Crippen LogP contribution is -2.47. The zero-order valence-electron chi connectivity index (χ0n) is 15.2. The van der Waals surface area contributed by atoms with Crippen molar-refractivity contribution in [3.05, 3.63) is 24.3 Å². The Bertz CT molecular complexity index is 575. The van der Waals surface area contributed by atoms with Crippen LogP contribution in [0.25, 0.3) is 0 Å². The van der Waals surface area contributed by atoms with Crippen LogP contribution in [0.4, 0.5) is 11.4 Å². The number of benzene rings is 1. The topological polar surface area (TPSA) is 82.7 Å². The Morgan fingerprint density at radius 1 is 1.12 bits per heavy atom. The van der Waals surface area contributed by atoms with Crippen molar-refractivity contribution in [2.75, 3.05) is 58.1 Å². The van der Waals surface area contributed by atoms with E-state index >= 15 is 0 Å². The van der Waals surface area contributed by atoms with Crippen LogP contribution in [0.3, 0.4) is 0 Å². The lowest BCUT2D eigenvalue weighted by atomic mass is 9.78. The highest BCUT2D eigenvalue weighted by molar-refractivity contribution is 5.96. The number of piperidine rings is 1. The number of rotatable bonds is 7. The number of anilines is 2. The summed E-state index contributed by atoms with van der Waals surface area (Å²) in [5.74, 6) is -0.0872. The van der Waals surface area contributed by atoms with Crippen LogP contribution in [0.5, 0.6) is 0 Å². The molecule has 3 N–H and O–H groups in total. The maximum absolute atomic E-state index is 12.8. The minimum Gasteiger partial charge on any atom is -0.384 e. The molecule has 0 aliphatic carbocycles.